The number of rotatable bonds is 2. The second-order valence-corrected chi connectivity index (χ2v) is 4.17. The quantitative estimate of drug-likeness (QED) is 0.702. The molecule has 1 heterocycles. The Bertz CT molecular complexity index is 346. The smallest absolute Gasteiger partial charge is 0.271 e. The molecule has 1 aromatic heterocycles. The molecule has 1 N–H and O–H groups in total. The van der Waals surface area contributed by atoms with Crippen LogP contribution < -0.4 is 0 Å². The fourth-order valence-corrected chi connectivity index (χ4v) is 1.31. The van der Waals surface area contributed by atoms with Crippen molar-refractivity contribution in [3.05, 3.63) is 30.1 Å². The Kier molecular flexibility index (Phi) is 2.44. The summed E-state index contributed by atoms with van der Waals surface area (Å²) in [7, 11) is -3.98. The van der Waals surface area contributed by atoms with Crippen molar-refractivity contribution >= 4 is 10.1 Å². The van der Waals surface area contributed by atoms with Crippen LogP contribution in [0.4, 0.5) is 0 Å². The minimum absolute atomic E-state index is 0.535. The maximum absolute atomic E-state index is 10.7. The molecular formula is C7H9NO3S. The van der Waals surface area contributed by atoms with Gasteiger partial charge in [0.15, 0.2) is 0 Å². The van der Waals surface area contributed by atoms with Crippen molar-refractivity contribution in [1.82, 2.24) is 4.98 Å². The van der Waals surface area contributed by atoms with Gasteiger partial charge in [-0.2, -0.15) is 8.42 Å². The average Bonchev–Trinajstić information content (AvgIpc) is 2.03. The Morgan fingerprint density at radius 2 is 1.92 bits per heavy atom. The van der Waals surface area contributed by atoms with E-state index in [2.05, 4.69) is 4.98 Å². The number of hydrogen-bond acceptors (Lipinski definition) is 3. The van der Waals surface area contributed by atoms with Gasteiger partial charge in [0.1, 0.15) is 5.25 Å². The van der Waals surface area contributed by atoms with Crippen LogP contribution in [0.3, 0.4) is 0 Å². The first-order valence-electron chi connectivity index (χ1n) is 3.38. The summed E-state index contributed by atoms with van der Waals surface area (Å²) in [5.41, 5.74) is 0.535. The van der Waals surface area contributed by atoms with E-state index < -0.39 is 15.4 Å². The number of aromatic nitrogens is 1. The number of hydrogen-bond donors (Lipinski definition) is 1. The molecule has 12 heavy (non-hydrogen) atoms. The van der Waals surface area contributed by atoms with Crippen LogP contribution in [0.25, 0.3) is 0 Å². The van der Waals surface area contributed by atoms with Crippen LogP contribution in [0.5, 0.6) is 0 Å². The molecule has 0 aliphatic heterocycles. The van der Waals surface area contributed by atoms with Gasteiger partial charge in [-0.1, -0.05) is 0 Å². The third-order valence-electron chi connectivity index (χ3n) is 1.62. The molecule has 0 aliphatic carbocycles. The molecule has 0 radical (unpaired) electrons. The molecule has 1 atom stereocenters. The lowest BCUT2D eigenvalue weighted by atomic mass is 10.2. The molecule has 0 fully saturated rings. The van der Waals surface area contributed by atoms with Crippen LogP contribution in [0, 0.1) is 0 Å². The minimum Gasteiger partial charge on any atom is -0.285 e. The maximum Gasteiger partial charge on any atom is 0.271 e. The maximum atomic E-state index is 10.7. The summed E-state index contributed by atoms with van der Waals surface area (Å²) in [6, 6.07) is 3.11. The van der Waals surface area contributed by atoms with Gasteiger partial charge in [0, 0.05) is 12.4 Å². The molecular weight excluding hydrogens is 178 g/mol. The Hall–Kier alpha value is -0.940. The van der Waals surface area contributed by atoms with Crippen molar-refractivity contribution < 1.29 is 13.0 Å². The number of nitrogens with zero attached hydrogens (tertiary/aromatic N) is 1. The van der Waals surface area contributed by atoms with Crippen LogP contribution in [-0.4, -0.2) is 18.0 Å². The summed E-state index contributed by atoms with van der Waals surface area (Å²) >= 11 is 0. The summed E-state index contributed by atoms with van der Waals surface area (Å²) in [5, 5.41) is -0.888. The summed E-state index contributed by atoms with van der Waals surface area (Å²) in [6.45, 7) is 1.42. The Morgan fingerprint density at radius 1 is 1.42 bits per heavy atom. The highest BCUT2D eigenvalue weighted by Crippen LogP contribution is 2.18. The Balaban J connectivity index is 3.02. The van der Waals surface area contributed by atoms with Gasteiger partial charge in [0.2, 0.25) is 0 Å². The molecule has 0 saturated carbocycles. The van der Waals surface area contributed by atoms with Gasteiger partial charge in [0.25, 0.3) is 10.1 Å². The van der Waals surface area contributed by atoms with Crippen molar-refractivity contribution in [3.8, 4) is 0 Å². The van der Waals surface area contributed by atoms with E-state index >= 15 is 0 Å². The van der Waals surface area contributed by atoms with E-state index in [0.717, 1.165) is 0 Å². The van der Waals surface area contributed by atoms with Crippen molar-refractivity contribution in [2.24, 2.45) is 0 Å². The lowest BCUT2D eigenvalue weighted by Crippen LogP contribution is -2.08. The van der Waals surface area contributed by atoms with Crippen molar-refractivity contribution in [1.29, 1.82) is 0 Å². The molecule has 0 bridgehead atoms. The molecule has 4 nitrogen and oxygen atoms in total. The monoisotopic (exact) mass is 187 g/mol. The second kappa shape index (κ2) is 3.20. The normalized spacial score (nSPS) is 14.2. The van der Waals surface area contributed by atoms with E-state index in [1.807, 2.05) is 0 Å². The summed E-state index contributed by atoms with van der Waals surface area (Å²) < 4.78 is 30.0. The molecule has 5 heteroatoms. The zero-order chi connectivity index (χ0) is 9.19. The van der Waals surface area contributed by atoms with Crippen LogP contribution in [0.1, 0.15) is 17.7 Å². The molecule has 0 aromatic carbocycles. The highest BCUT2D eigenvalue weighted by Gasteiger charge is 2.18. The molecule has 0 amide bonds. The van der Waals surface area contributed by atoms with E-state index in [1.54, 1.807) is 12.1 Å². The lowest BCUT2D eigenvalue weighted by Gasteiger charge is -2.06. The predicted octanol–water partition coefficient (Wildman–Crippen LogP) is 1.03. The first-order chi connectivity index (χ1) is 5.52. The van der Waals surface area contributed by atoms with Crippen LogP contribution in [0.2, 0.25) is 0 Å². The van der Waals surface area contributed by atoms with Gasteiger partial charge in [-0.15, -0.1) is 0 Å². The highest BCUT2D eigenvalue weighted by atomic mass is 32.2. The standard InChI is InChI=1S/C7H9NO3S/c1-6(12(9,10)11)7-2-4-8-5-3-7/h2-6H,1H3,(H,9,10,11)/t6-/m0/s1. The lowest BCUT2D eigenvalue weighted by molar-refractivity contribution is 0.472. The van der Waals surface area contributed by atoms with Gasteiger partial charge in [0.05, 0.1) is 0 Å². The zero-order valence-electron chi connectivity index (χ0n) is 6.51. The molecule has 0 unspecified atom stereocenters. The van der Waals surface area contributed by atoms with Crippen LogP contribution in [0.15, 0.2) is 24.5 Å². The summed E-state index contributed by atoms with van der Waals surface area (Å²) in [4.78, 5) is 3.73. The topological polar surface area (TPSA) is 67.3 Å². The second-order valence-electron chi connectivity index (χ2n) is 2.44. The van der Waals surface area contributed by atoms with E-state index in [0.29, 0.717) is 5.56 Å². The third-order valence-corrected chi connectivity index (χ3v) is 2.79. The van der Waals surface area contributed by atoms with Crippen LogP contribution >= 0.6 is 0 Å². The summed E-state index contributed by atoms with van der Waals surface area (Å²) in [5.74, 6) is 0. The third kappa shape index (κ3) is 2.02. The van der Waals surface area contributed by atoms with Gasteiger partial charge in [-0.05, 0) is 24.6 Å². The Morgan fingerprint density at radius 3 is 2.33 bits per heavy atom. The summed E-state index contributed by atoms with van der Waals surface area (Å²) in [6.07, 6.45) is 2.97. The van der Waals surface area contributed by atoms with Gasteiger partial charge in [-0.3, -0.25) is 9.54 Å². The van der Waals surface area contributed by atoms with E-state index in [-0.39, 0.29) is 0 Å². The van der Waals surface area contributed by atoms with Gasteiger partial charge < -0.3 is 0 Å². The van der Waals surface area contributed by atoms with E-state index in [4.69, 9.17) is 4.55 Å². The number of pyridine rings is 1. The fourth-order valence-electron chi connectivity index (χ4n) is 0.806. The van der Waals surface area contributed by atoms with E-state index in [9.17, 15) is 8.42 Å². The van der Waals surface area contributed by atoms with Crippen LogP contribution in [-0.2, 0) is 10.1 Å². The van der Waals surface area contributed by atoms with Gasteiger partial charge in [-0.25, -0.2) is 0 Å². The fraction of sp³-hybridized carbons (Fsp3) is 0.286. The molecule has 1 rings (SSSR count). The Labute approximate surface area is 71.0 Å². The van der Waals surface area contributed by atoms with E-state index in [1.165, 1.54) is 19.3 Å². The molecule has 0 spiro atoms. The molecule has 66 valence electrons. The van der Waals surface area contributed by atoms with Crippen molar-refractivity contribution in [2.45, 2.75) is 12.2 Å². The van der Waals surface area contributed by atoms with Crippen molar-refractivity contribution in [3.63, 3.8) is 0 Å². The van der Waals surface area contributed by atoms with Gasteiger partial charge >= 0.3 is 0 Å². The zero-order valence-corrected chi connectivity index (χ0v) is 7.32. The molecule has 0 saturated heterocycles. The molecule has 0 aliphatic rings. The average molecular weight is 187 g/mol. The first kappa shape index (κ1) is 9.15. The SMILES string of the molecule is C[C@@H](c1ccncc1)S(=O)(=O)O. The van der Waals surface area contributed by atoms with Crippen molar-refractivity contribution in [2.75, 3.05) is 0 Å². The molecule has 1 aromatic rings. The predicted molar refractivity (Wildman–Crippen MR) is 44.2 cm³/mol. The largest absolute Gasteiger partial charge is 0.285 e. The first-order valence-corrected chi connectivity index (χ1v) is 4.88. The highest BCUT2D eigenvalue weighted by molar-refractivity contribution is 7.86. The minimum atomic E-state index is -3.98.